The summed E-state index contributed by atoms with van der Waals surface area (Å²) in [7, 11) is -3.84. The lowest BCUT2D eigenvalue weighted by atomic mass is 10.1. The zero-order valence-corrected chi connectivity index (χ0v) is 23.2. The van der Waals surface area contributed by atoms with E-state index in [0.29, 0.717) is 27.1 Å². The average Bonchev–Trinajstić information content (AvgIpc) is 2.77. The molecule has 0 saturated carbocycles. The van der Waals surface area contributed by atoms with Crippen molar-refractivity contribution in [2.75, 3.05) is 17.1 Å². The van der Waals surface area contributed by atoms with Crippen LogP contribution in [0.5, 0.6) is 0 Å². The maximum absolute atomic E-state index is 13.6. The van der Waals surface area contributed by atoms with Crippen LogP contribution in [-0.2, 0) is 26.2 Å². The third-order valence-corrected chi connectivity index (χ3v) is 7.48. The number of nitrogens with one attached hydrogen (secondary N) is 1. The Balaban J connectivity index is 2.48. The third-order valence-electron chi connectivity index (χ3n) is 5.52. The Morgan fingerprint density at radius 3 is 2.20 bits per heavy atom. The second kappa shape index (κ2) is 12.8. The second-order valence-electron chi connectivity index (χ2n) is 8.25. The summed E-state index contributed by atoms with van der Waals surface area (Å²) in [6.07, 6.45) is 2.04. The van der Waals surface area contributed by atoms with E-state index in [1.807, 2.05) is 13.8 Å². The molecule has 2 atom stereocenters. The van der Waals surface area contributed by atoms with Crippen molar-refractivity contribution >= 4 is 62.3 Å². The molecule has 0 heterocycles. The van der Waals surface area contributed by atoms with Gasteiger partial charge in [-0.3, -0.25) is 13.9 Å². The molecular weight excluding hydrogens is 533 g/mol. The first-order chi connectivity index (χ1) is 16.4. The topological polar surface area (TPSA) is 86.8 Å². The van der Waals surface area contributed by atoms with Crippen LogP contribution in [0.15, 0.2) is 42.5 Å². The minimum absolute atomic E-state index is 0.00554. The first-order valence-electron chi connectivity index (χ1n) is 11.1. The number of carbonyl (C=O) groups is 2. The Bertz CT molecular complexity index is 1160. The van der Waals surface area contributed by atoms with Gasteiger partial charge in [0, 0.05) is 27.7 Å². The van der Waals surface area contributed by atoms with E-state index in [9.17, 15) is 18.0 Å². The Labute approximate surface area is 222 Å². The molecule has 0 fully saturated rings. The van der Waals surface area contributed by atoms with Crippen LogP contribution in [0.25, 0.3) is 0 Å². The number of nitrogens with zero attached hydrogens (tertiary/aromatic N) is 2. The highest BCUT2D eigenvalue weighted by atomic mass is 35.5. The highest BCUT2D eigenvalue weighted by Crippen LogP contribution is 2.26. The average molecular weight is 563 g/mol. The van der Waals surface area contributed by atoms with Crippen LogP contribution >= 0.6 is 34.8 Å². The van der Waals surface area contributed by atoms with Crippen molar-refractivity contribution in [2.24, 2.45) is 0 Å². The number of anilines is 1. The molecular formula is C24H30Cl3N3O4S. The molecule has 2 amide bonds. The second-order valence-corrected chi connectivity index (χ2v) is 11.4. The predicted molar refractivity (Wildman–Crippen MR) is 143 cm³/mol. The molecule has 11 heteroatoms. The van der Waals surface area contributed by atoms with E-state index in [-0.39, 0.29) is 24.2 Å². The minimum atomic E-state index is -3.84. The predicted octanol–water partition coefficient (Wildman–Crippen LogP) is 5.13. The van der Waals surface area contributed by atoms with Crippen molar-refractivity contribution < 1.29 is 18.0 Å². The highest BCUT2D eigenvalue weighted by Gasteiger charge is 2.32. The van der Waals surface area contributed by atoms with Crippen molar-refractivity contribution in [3.63, 3.8) is 0 Å². The van der Waals surface area contributed by atoms with Crippen LogP contribution in [0.1, 0.15) is 39.2 Å². The minimum Gasteiger partial charge on any atom is -0.352 e. The van der Waals surface area contributed by atoms with Gasteiger partial charge in [0.1, 0.15) is 12.6 Å². The summed E-state index contributed by atoms with van der Waals surface area (Å²) >= 11 is 18.4. The standard InChI is InChI=1S/C24H30Cl3N3O4S/c1-5-16(3)28-24(32)22(6-2)29(14-17-10-11-19(26)13-21(17)27)23(31)15-30(35(4,33)34)20-9-7-8-18(25)12-20/h7-13,16,22H,5-6,14-15H2,1-4H3,(H,28,32)/t16-,22+/m0/s1. The van der Waals surface area contributed by atoms with Crippen LogP contribution in [-0.4, -0.2) is 50.0 Å². The molecule has 0 radical (unpaired) electrons. The van der Waals surface area contributed by atoms with Crippen molar-refractivity contribution in [2.45, 2.75) is 52.2 Å². The molecule has 1 N–H and O–H groups in total. The van der Waals surface area contributed by atoms with E-state index in [4.69, 9.17) is 34.8 Å². The van der Waals surface area contributed by atoms with Gasteiger partial charge >= 0.3 is 0 Å². The summed E-state index contributed by atoms with van der Waals surface area (Å²) in [5, 5.41) is 4.01. The number of hydrogen-bond donors (Lipinski definition) is 1. The van der Waals surface area contributed by atoms with Crippen molar-refractivity contribution in [3.8, 4) is 0 Å². The Morgan fingerprint density at radius 2 is 1.66 bits per heavy atom. The van der Waals surface area contributed by atoms with Gasteiger partial charge in [-0.25, -0.2) is 8.42 Å². The van der Waals surface area contributed by atoms with Gasteiger partial charge in [0.2, 0.25) is 21.8 Å². The molecule has 7 nitrogen and oxygen atoms in total. The van der Waals surface area contributed by atoms with Gasteiger partial charge in [-0.2, -0.15) is 0 Å². The maximum atomic E-state index is 13.6. The lowest BCUT2D eigenvalue weighted by Gasteiger charge is -2.33. The van der Waals surface area contributed by atoms with Crippen LogP contribution in [0, 0.1) is 0 Å². The van der Waals surface area contributed by atoms with Gasteiger partial charge < -0.3 is 10.2 Å². The van der Waals surface area contributed by atoms with E-state index in [1.165, 1.54) is 11.0 Å². The highest BCUT2D eigenvalue weighted by molar-refractivity contribution is 7.92. The normalized spacial score (nSPS) is 13.1. The molecule has 2 aromatic rings. The van der Waals surface area contributed by atoms with Crippen molar-refractivity contribution in [1.82, 2.24) is 10.2 Å². The maximum Gasteiger partial charge on any atom is 0.244 e. The number of sulfonamides is 1. The zero-order valence-electron chi connectivity index (χ0n) is 20.1. The monoisotopic (exact) mass is 561 g/mol. The largest absolute Gasteiger partial charge is 0.352 e. The molecule has 0 saturated heterocycles. The van der Waals surface area contributed by atoms with Gasteiger partial charge in [-0.1, -0.05) is 60.8 Å². The van der Waals surface area contributed by atoms with Crippen molar-refractivity contribution in [3.05, 3.63) is 63.1 Å². The van der Waals surface area contributed by atoms with E-state index in [1.54, 1.807) is 43.3 Å². The Morgan fingerprint density at radius 1 is 1.00 bits per heavy atom. The molecule has 0 aromatic heterocycles. The molecule has 2 aromatic carbocycles. The molecule has 2 rings (SSSR count). The molecule has 0 spiro atoms. The van der Waals surface area contributed by atoms with Gasteiger partial charge in [-0.05, 0) is 55.7 Å². The lowest BCUT2D eigenvalue weighted by molar-refractivity contribution is -0.140. The molecule has 35 heavy (non-hydrogen) atoms. The first kappa shape index (κ1) is 29.2. The zero-order chi connectivity index (χ0) is 26.3. The van der Waals surface area contributed by atoms with E-state index in [2.05, 4.69) is 5.32 Å². The summed E-state index contributed by atoms with van der Waals surface area (Å²) < 4.78 is 26.2. The molecule has 0 unspecified atom stereocenters. The van der Waals surface area contributed by atoms with E-state index < -0.39 is 28.5 Å². The number of carbonyl (C=O) groups excluding carboxylic acids is 2. The Kier molecular flexibility index (Phi) is 10.7. The summed E-state index contributed by atoms with van der Waals surface area (Å²) in [5.74, 6) is -0.887. The number of halogens is 3. The molecule has 0 bridgehead atoms. The molecule has 0 aliphatic carbocycles. The van der Waals surface area contributed by atoms with Crippen LogP contribution in [0.4, 0.5) is 5.69 Å². The number of amides is 2. The number of rotatable bonds is 11. The van der Waals surface area contributed by atoms with Crippen LogP contribution in [0.3, 0.4) is 0 Å². The van der Waals surface area contributed by atoms with Crippen molar-refractivity contribution in [1.29, 1.82) is 0 Å². The Hall–Kier alpha value is -2.00. The smallest absolute Gasteiger partial charge is 0.244 e. The molecule has 0 aliphatic rings. The van der Waals surface area contributed by atoms with Gasteiger partial charge in [0.05, 0.1) is 11.9 Å². The number of benzene rings is 2. The fraction of sp³-hybridized carbons (Fsp3) is 0.417. The lowest BCUT2D eigenvalue weighted by Crippen LogP contribution is -2.53. The fourth-order valence-corrected chi connectivity index (χ4v) is 4.93. The molecule has 192 valence electrons. The third kappa shape index (κ3) is 8.27. The van der Waals surface area contributed by atoms with E-state index >= 15 is 0 Å². The summed E-state index contributed by atoms with van der Waals surface area (Å²) in [5.41, 5.74) is 0.822. The molecule has 0 aliphatic heterocycles. The fourth-order valence-electron chi connectivity index (χ4n) is 3.44. The summed E-state index contributed by atoms with van der Waals surface area (Å²) in [6.45, 7) is 5.08. The SMILES string of the molecule is CC[C@H](C(=O)N[C@@H](C)CC)N(Cc1ccc(Cl)cc1Cl)C(=O)CN(c1cccc(Cl)c1)S(C)(=O)=O. The summed E-state index contributed by atoms with van der Waals surface area (Å²) in [6, 6.07) is 10.1. The number of hydrogen-bond acceptors (Lipinski definition) is 4. The quantitative estimate of drug-likeness (QED) is 0.411. The van der Waals surface area contributed by atoms with Gasteiger partial charge in [0.25, 0.3) is 0 Å². The first-order valence-corrected chi connectivity index (χ1v) is 14.1. The van der Waals surface area contributed by atoms with Crippen LogP contribution < -0.4 is 9.62 Å². The van der Waals surface area contributed by atoms with E-state index in [0.717, 1.165) is 17.0 Å². The van der Waals surface area contributed by atoms with Gasteiger partial charge in [0.15, 0.2) is 0 Å². The summed E-state index contributed by atoms with van der Waals surface area (Å²) in [4.78, 5) is 28.1. The van der Waals surface area contributed by atoms with Gasteiger partial charge in [-0.15, -0.1) is 0 Å². The van der Waals surface area contributed by atoms with Crippen LogP contribution in [0.2, 0.25) is 15.1 Å².